The molecule has 1 aromatic carbocycles. The highest BCUT2D eigenvalue weighted by atomic mass is 16.5. The monoisotopic (exact) mass is 232 g/mol. The van der Waals surface area contributed by atoms with E-state index in [9.17, 15) is 0 Å². The van der Waals surface area contributed by atoms with E-state index in [4.69, 9.17) is 4.74 Å². The Morgan fingerprint density at radius 1 is 1.29 bits per heavy atom. The van der Waals surface area contributed by atoms with Gasteiger partial charge in [-0.05, 0) is 44.1 Å². The van der Waals surface area contributed by atoms with Crippen LogP contribution in [0.4, 0.5) is 0 Å². The number of ether oxygens (including phenoxy) is 1. The van der Waals surface area contributed by atoms with E-state index >= 15 is 0 Å². The van der Waals surface area contributed by atoms with Crippen LogP contribution < -0.4 is 0 Å². The molecule has 94 valence electrons. The second-order valence-electron chi connectivity index (χ2n) is 5.74. The van der Waals surface area contributed by atoms with Crippen molar-refractivity contribution in [2.45, 2.75) is 51.6 Å². The van der Waals surface area contributed by atoms with E-state index in [-0.39, 0.29) is 5.60 Å². The lowest BCUT2D eigenvalue weighted by Gasteiger charge is -2.38. The van der Waals surface area contributed by atoms with Crippen LogP contribution in [0.5, 0.6) is 0 Å². The van der Waals surface area contributed by atoms with Gasteiger partial charge < -0.3 is 4.74 Å². The maximum absolute atomic E-state index is 5.87. The van der Waals surface area contributed by atoms with Gasteiger partial charge in [0, 0.05) is 13.5 Å². The first-order valence-corrected chi connectivity index (χ1v) is 6.74. The summed E-state index contributed by atoms with van der Waals surface area (Å²) in [4.78, 5) is 0. The lowest BCUT2D eigenvalue weighted by atomic mass is 9.76. The first-order valence-electron chi connectivity index (χ1n) is 6.74. The van der Waals surface area contributed by atoms with E-state index < -0.39 is 0 Å². The van der Waals surface area contributed by atoms with Crippen LogP contribution in [-0.4, -0.2) is 12.7 Å². The van der Waals surface area contributed by atoms with E-state index in [1.165, 1.54) is 36.8 Å². The van der Waals surface area contributed by atoms with Gasteiger partial charge in [0.05, 0.1) is 5.60 Å². The Morgan fingerprint density at radius 3 is 2.59 bits per heavy atom. The van der Waals surface area contributed by atoms with Gasteiger partial charge in [0.15, 0.2) is 0 Å². The molecule has 0 heterocycles. The maximum atomic E-state index is 5.87. The Balaban J connectivity index is 2.09. The maximum Gasteiger partial charge on any atom is 0.0719 e. The molecule has 0 spiro atoms. The van der Waals surface area contributed by atoms with Gasteiger partial charge in [0.1, 0.15) is 0 Å². The molecule has 0 aromatic heterocycles. The number of methoxy groups -OCH3 is 1. The van der Waals surface area contributed by atoms with Gasteiger partial charge in [-0.3, -0.25) is 0 Å². The van der Waals surface area contributed by atoms with Crippen molar-refractivity contribution in [3.8, 4) is 0 Å². The molecule has 1 aliphatic carbocycles. The molecule has 0 N–H and O–H groups in total. The zero-order valence-electron chi connectivity index (χ0n) is 11.3. The Kier molecular flexibility index (Phi) is 3.88. The Labute approximate surface area is 105 Å². The van der Waals surface area contributed by atoms with Crippen LogP contribution in [0, 0.1) is 12.8 Å². The molecule has 1 heteroatoms. The van der Waals surface area contributed by atoms with Crippen LogP contribution in [0.25, 0.3) is 0 Å². The van der Waals surface area contributed by atoms with Crippen LogP contribution in [-0.2, 0) is 11.2 Å². The third-order valence-electron chi connectivity index (χ3n) is 4.23. The van der Waals surface area contributed by atoms with Gasteiger partial charge in [-0.25, -0.2) is 0 Å². The first-order chi connectivity index (χ1) is 8.13. The van der Waals surface area contributed by atoms with Crippen LogP contribution in [0.3, 0.4) is 0 Å². The van der Waals surface area contributed by atoms with Crippen molar-refractivity contribution in [2.75, 3.05) is 7.11 Å². The number of aryl methyl sites for hydroxylation is 1. The van der Waals surface area contributed by atoms with E-state index in [1.807, 2.05) is 7.11 Å². The summed E-state index contributed by atoms with van der Waals surface area (Å²) in [5.74, 6) is 0.871. The molecule has 0 radical (unpaired) electrons. The van der Waals surface area contributed by atoms with E-state index in [0.717, 1.165) is 12.3 Å². The van der Waals surface area contributed by atoms with Crippen LogP contribution in [0.15, 0.2) is 24.3 Å². The molecule has 2 rings (SSSR count). The highest BCUT2D eigenvalue weighted by Gasteiger charge is 2.34. The molecular weight excluding hydrogens is 208 g/mol. The van der Waals surface area contributed by atoms with Crippen LogP contribution in [0.2, 0.25) is 0 Å². The minimum atomic E-state index is 0.0975. The van der Waals surface area contributed by atoms with E-state index in [0.29, 0.717) is 0 Å². The molecule has 0 bridgehead atoms. The molecule has 1 nitrogen and oxygen atoms in total. The molecule has 0 amide bonds. The molecular formula is C16H24O. The summed E-state index contributed by atoms with van der Waals surface area (Å²) in [6.45, 7) is 4.51. The molecule has 17 heavy (non-hydrogen) atoms. The molecule has 0 aliphatic heterocycles. The summed E-state index contributed by atoms with van der Waals surface area (Å²) in [5, 5.41) is 0. The Hall–Kier alpha value is -0.820. The van der Waals surface area contributed by atoms with Crippen molar-refractivity contribution in [1.82, 2.24) is 0 Å². The Morgan fingerprint density at radius 2 is 2.00 bits per heavy atom. The Bertz CT molecular complexity index is 362. The molecule has 0 atom stereocenters. The summed E-state index contributed by atoms with van der Waals surface area (Å²) in [6.07, 6.45) is 6.09. The van der Waals surface area contributed by atoms with Crippen molar-refractivity contribution in [1.29, 1.82) is 0 Å². The predicted molar refractivity (Wildman–Crippen MR) is 72.3 cm³/mol. The highest BCUT2D eigenvalue weighted by Crippen LogP contribution is 2.36. The first kappa shape index (κ1) is 12.6. The summed E-state index contributed by atoms with van der Waals surface area (Å²) < 4.78 is 5.87. The second kappa shape index (κ2) is 5.22. The van der Waals surface area contributed by atoms with Crippen molar-refractivity contribution in [2.24, 2.45) is 5.92 Å². The predicted octanol–water partition coefficient (Wildman–Crippen LogP) is 4.13. The van der Waals surface area contributed by atoms with Gasteiger partial charge in [-0.15, -0.1) is 0 Å². The van der Waals surface area contributed by atoms with Crippen molar-refractivity contribution >= 4 is 0 Å². The van der Waals surface area contributed by atoms with Crippen LogP contribution >= 0.6 is 0 Å². The third kappa shape index (κ3) is 3.10. The van der Waals surface area contributed by atoms with Crippen molar-refractivity contribution in [3.05, 3.63) is 35.4 Å². The summed E-state index contributed by atoms with van der Waals surface area (Å²) in [5.41, 5.74) is 2.86. The van der Waals surface area contributed by atoms with Crippen molar-refractivity contribution in [3.63, 3.8) is 0 Å². The molecule has 1 aliphatic rings. The van der Waals surface area contributed by atoms with Gasteiger partial charge in [0.25, 0.3) is 0 Å². The fraction of sp³-hybridized carbons (Fsp3) is 0.625. The largest absolute Gasteiger partial charge is 0.378 e. The SMILES string of the molecule is COC1(Cc2cccc(C)c2)CCC(C)CC1. The topological polar surface area (TPSA) is 9.23 Å². The van der Waals surface area contributed by atoms with Gasteiger partial charge in [-0.2, -0.15) is 0 Å². The summed E-state index contributed by atoms with van der Waals surface area (Å²) in [6, 6.07) is 8.83. The van der Waals surface area contributed by atoms with Crippen LogP contribution in [0.1, 0.15) is 43.7 Å². The highest BCUT2D eigenvalue weighted by molar-refractivity contribution is 5.24. The molecule has 1 fully saturated rings. The molecule has 0 saturated heterocycles. The minimum absolute atomic E-state index is 0.0975. The minimum Gasteiger partial charge on any atom is -0.378 e. The smallest absolute Gasteiger partial charge is 0.0719 e. The average Bonchev–Trinajstić information content (AvgIpc) is 2.33. The zero-order valence-corrected chi connectivity index (χ0v) is 11.3. The van der Waals surface area contributed by atoms with E-state index in [2.05, 4.69) is 38.1 Å². The number of hydrogen-bond acceptors (Lipinski definition) is 1. The van der Waals surface area contributed by atoms with Gasteiger partial charge in [0.2, 0.25) is 0 Å². The standard InChI is InChI=1S/C16H24O/c1-13-7-9-16(17-3,10-8-13)12-15-6-4-5-14(2)11-15/h4-6,11,13H,7-10,12H2,1-3H3. The van der Waals surface area contributed by atoms with Crippen molar-refractivity contribution < 1.29 is 4.74 Å². The number of hydrogen-bond donors (Lipinski definition) is 0. The molecule has 1 saturated carbocycles. The van der Waals surface area contributed by atoms with Gasteiger partial charge in [-0.1, -0.05) is 36.8 Å². The quantitative estimate of drug-likeness (QED) is 0.761. The van der Waals surface area contributed by atoms with Gasteiger partial charge >= 0.3 is 0 Å². The third-order valence-corrected chi connectivity index (χ3v) is 4.23. The molecule has 0 unspecified atom stereocenters. The second-order valence-corrected chi connectivity index (χ2v) is 5.74. The molecule has 1 aromatic rings. The fourth-order valence-corrected chi connectivity index (χ4v) is 2.94. The summed E-state index contributed by atoms with van der Waals surface area (Å²) >= 11 is 0. The lowest BCUT2D eigenvalue weighted by Crippen LogP contribution is -2.38. The number of benzene rings is 1. The van der Waals surface area contributed by atoms with E-state index in [1.54, 1.807) is 0 Å². The number of rotatable bonds is 3. The fourth-order valence-electron chi connectivity index (χ4n) is 2.94. The summed E-state index contributed by atoms with van der Waals surface area (Å²) in [7, 11) is 1.88. The average molecular weight is 232 g/mol. The zero-order chi connectivity index (χ0) is 12.3. The lowest BCUT2D eigenvalue weighted by molar-refractivity contribution is -0.0469. The normalized spacial score (nSPS) is 29.2.